The van der Waals surface area contributed by atoms with Gasteiger partial charge in [0.25, 0.3) is 0 Å². The summed E-state index contributed by atoms with van der Waals surface area (Å²) in [6.45, 7) is 4.14. The van der Waals surface area contributed by atoms with Crippen LogP contribution in [0.25, 0.3) is 33.3 Å². The minimum Gasteiger partial charge on any atom is -0.422 e. The first-order chi connectivity index (χ1) is 14.1. The average Bonchev–Trinajstić information content (AvgIpc) is 3.22. The normalized spacial score (nSPS) is 14.4. The van der Waals surface area contributed by atoms with Crippen molar-refractivity contribution in [2.75, 3.05) is 0 Å². The van der Waals surface area contributed by atoms with E-state index in [1.165, 1.54) is 11.1 Å². The van der Waals surface area contributed by atoms with Crippen molar-refractivity contribution in [3.05, 3.63) is 117 Å². The van der Waals surface area contributed by atoms with Gasteiger partial charge >= 0.3 is 5.63 Å². The van der Waals surface area contributed by atoms with Crippen molar-refractivity contribution in [3.63, 3.8) is 0 Å². The topological polar surface area (TPSA) is 30.2 Å². The maximum atomic E-state index is 13.2. The van der Waals surface area contributed by atoms with Gasteiger partial charge in [-0.25, -0.2) is 4.79 Å². The number of rotatable bonds is 1. The van der Waals surface area contributed by atoms with Crippen LogP contribution >= 0.6 is 0 Å². The molecule has 1 heterocycles. The van der Waals surface area contributed by atoms with Crippen LogP contribution in [-0.2, 0) is 0 Å². The zero-order valence-corrected chi connectivity index (χ0v) is 16.2. The summed E-state index contributed by atoms with van der Waals surface area (Å²) in [5.74, 6) is 0. The van der Waals surface area contributed by atoms with E-state index in [1.54, 1.807) is 0 Å². The van der Waals surface area contributed by atoms with E-state index in [0.29, 0.717) is 11.1 Å². The molecule has 0 saturated carbocycles. The molecule has 3 aromatic carbocycles. The third-order valence-electron chi connectivity index (χ3n) is 6.09. The molecule has 0 N–H and O–H groups in total. The summed E-state index contributed by atoms with van der Waals surface area (Å²) in [6, 6.07) is 24.9. The van der Waals surface area contributed by atoms with Crippen LogP contribution in [0.3, 0.4) is 0 Å². The van der Waals surface area contributed by atoms with Crippen molar-refractivity contribution >= 4 is 33.3 Å². The lowest BCUT2D eigenvalue weighted by Crippen LogP contribution is -2.08. The van der Waals surface area contributed by atoms with Gasteiger partial charge in [0.1, 0.15) is 5.58 Å². The van der Waals surface area contributed by atoms with E-state index < -0.39 is 0 Å². The van der Waals surface area contributed by atoms with Crippen molar-refractivity contribution in [2.24, 2.45) is 0 Å². The maximum Gasteiger partial charge on any atom is 0.344 e. The lowest BCUT2D eigenvalue weighted by molar-refractivity contribution is 0.558. The lowest BCUT2D eigenvalue weighted by atomic mass is 9.93. The number of aryl methyl sites for hydroxylation is 1. The van der Waals surface area contributed by atoms with E-state index in [-0.39, 0.29) is 5.63 Å². The van der Waals surface area contributed by atoms with Gasteiger partial charge in [0, 0.05) is 16.5 Å². The van der Waals surface area contributed by atoms with Crippen molar-refractivity contribution in [2.45, 2.75) is 13.8 Å². The van der Waals surface area contributed by atoms with Gasteiger partial charge in [-0.1, -0.05) is 66.7 Å². The fraction of sp³-hybridized carbons (Fsp3) is 0.0741. The molecule has 2 aliphatic carbocycles. The van der Waals surface area contributed by atoms with Crippen molar-refractivity contribution in [1.82, 2.24) is 0 Å². The number of benzene rings is 3. The van der Waals surface area contributed by atoms with Crippen LogP contribution < -0.4 is 5.63 Å². The van der Waals surface area contributed by atoms with Gasteiger partial charge in [0.2, 0.25) is 0 Å². The molecule has 0 radical (unpaired) electrons. The number of hydrogen-bond donors (Lipinski definition) is 0. The molecule has 0 fully saturated rings. The molecule has 29 heavy (non-hydrogen) atoms. The molecule has 0 bridgehead atoms. The van der Waals surface area contributed by atoms with Crippen LogP contribution in [0, 0.1) is 6.92 Å². The highest BCUT2D eigenvalue weighted by molar-refractivity contribution is 6.34. The van der Waals surface area contributed by atoms with Gasteiger partial charge in [-0.05, 0) is 58.9 Å². The molecule has 0 amide bonds. The Kier molecular flexibility index (Phi) is 3.20. The molecular weight excluding hydrogens is 356 g/mol. The molecule has 2 aliphatic rings. The van der Waals surface area contributed by atoms with Gasteiger partial charge in [0.15, 0.2) is 0 Å². The average molecular weight is 374 g/mol. The third-order valence-corrected chi connectivity index (χ3v) is 6.09. The first-order valence-corrected chi connectivity index (χ1v) is 9.84. The fourth-order valence-electron chi connectivity index (χ4n) is 4.91. The quantitative estimate of drug-likeness (QED) is 0.365. The van der Waals surface area contributed by atoms with Crippen molar-refractivity contribution in [3.8, 4) is 0 Å². The second-order valence-corrected chi connectivity index (χ2v) is 7.80. The van der Waals surface area contributed by atoms with Gasteiger partial charge < -0.3 is 4.42 Å². The van der Waals surface area contributed by atoms with E-state index in [2.05, 4.69) is 55.5 Å². The summed E-state index contributed by atoms with van der Waals surface area (Å²) < 4.78 is 5.81. The van der Waals surface area contributed by atoms with Crippen LogP contribution in [0.4, 0.5) is 0 Å². The molecule has 2 heteroatoms. The summed E-state index contributed by atoms with van der Waals surface area (Å²) in [5.41, 5.74) is 11.1. The molecule has 6 rings (SSSR count). The molecule has 0 aliphatic heterocycles. The highest BCUT2D eigenvalue weighted by Gasteiger charge is 2.38. The van der Waals surface area contributed by atoms with Crippen LogP contribution in [0.1, 0.15) is 40.3 Å². The summed E-state index contributed by atoms with van der Waals surface area (Å²) in [4.78, 5) is 13.2. The van der Waals surface area contributed by atoms with E-state index in [0.717, 1.165) is 44.4 Å². The van der Waals surface area contributed by atoms with Gasteiger partial charge in [-0.3, -0.25) is 0 Å². The van der Waals surface area contributed by atoms with Gasteiger partial charge in [0.05, 0.1) is 5.56 Å². The Bertz CT molecular complexity index is 1460. The smallest absolute Gasteiger partial charge is 0.344 e. The predicted molar refractivity (Wildman–Crippen MR) is 119 cm³/mol. The molecule has 0 saturated heterocycles. The first kappa shape index (κ1) is 16.3. The SMILES string of the molecule is CC1=C2C(=C(c3ccccc3)c3ccccc32)c2c1c1ccc(C)cc1oc2=O. The van der Waals surface area contributed by atoms with E-state index in [1.807, 2.05) is 31.2 Å². The molecule has 4 aromatic rings. The Labute approximate surface area is 168 Å². The number of hydrogen-bond acceptors (Lipinski definition) is 2. The molecule has 0 atom stereocenters. The Morgan fingerprint density at radius 2 is 1.38 bits per heavy atom. The zero-order chi connectivity index (χ0) is 19.7. The monoisotopic (exact) mass is 374 g/mol. The highest BCUT2D eigenvalue weighted by atomic mass is 16.4. The zero-order valence-electron chi connectivity index (χ0n) is 16.2. The lowest BCUT2D eigenvalue weighted by Gasteiger charge is -2.11. The molecule has 138 valence electrons. The van der Waals surface area contributed by atoms with E-state index in [4.69, 9.17) is 4.42 Å². The van der Waals surface area contributed by atoms with Crippen LogP contribution in [0.5, 0.6) is 0 Å². The van der Waals surface area contributed by atoms with Gasteiger partial charge in [-0.15, -0.1) is 0 Å². The highest BCUT2D eigenvalue weighted by Crippen LogP contribution is 2.56. The Balaban J connectivity index is 1.82. The fourth-order valence-corrected chi connectivity index (χ4v) is 4.91. The van der Waals surface area contributed by atoms with Crippen LogP contribution in [-0.4, -0.2) is 0 Å². The van der Waals surface area contributed by atoms with Crippen LogP contribution in [0.15, 0.2) is 82.0 Å². The standard InChI is InChI=1S/C27H18O2/c1-15-12-13-20-21(14-15)29-27(28)26-23(20)16(2)22-18-10-6-7-11-19(18)24(25(22)26)17-8-4-3-5-9-17/h3-14H,1-2H3. The molecule has 2 nitrogen and oxygen atoms in total. The molecule has 0 spiro atoms. The van der Waals surface area contributed by atoms with E-state index in [9.17, 15) is 4.79 Å². The Hall–Kier alpha value is -3.65. The maximum absolute atomic E-state index is 13.2. The van der Waals surface area contributed by atoms with Crippen LogP contribution in [0.2, 0.25) is 0 Å². The van der Waals surface area contributed by atoms with Crippen molar-refractivity contribution in [1.29, 1.82) is 0 Å². The molecule has 1 aromatic heterocycles. The summed E-state index contributed by atoms with van der Waals surface area (Å²) >= 11 is 0. The summed E-state index contributed by atoms with van der Waals surface area (Å²) in [6.07, 6.45) is 0. The largest absolute Gasteiger partial charge is 0.422 e. The third kappa shape index (κ3) is 2.09. The number of fused-ring (bicyclic) bond motifs is 7. The number of allylic oxidation sites excluding steroid dienone is 3. The second kappa shape index (κ2) is 5.68. The first-order valence-electron chi connectivity index (χ1n) is 9.84. The minimum absolute atomic E-state index is 0.260. The van der Waals surface area contributed by atoms with Gasteiger partial charge in [-0.2, -0.15) is 0 Å². The molecule has 0 unspecified atom stereocenters. The minimum atomic E-state index is -0.260. The Morgan fingerprint density at radius 1 is 0.690 bits per heavy atom. The second-order valence-electron chi connectivity index (χ2n) is 7.80. The van der Waals surface area contributed by atoms with E-state index >= 15 is 0 Å². The van der Waals surface area contributed by atoms with Crippen molar-refractivity contribution < 1.29 is 4.42 Å². The Morgan fingerprint density at radius 3 is 2.14 bits per heavy atom. The predicted octanol–water partition coefficient (Wildman–Crippen LogP) is 6.32. The summed E-state index contributed by atoms with van der Waals surface area (Å²) in [5, 5.41) is 1.00. The molecular formula is C27H18O2. The summed E-state index contributed by atoms with van der Waals surface area (Å²) in [7, 11) is 0.